The van der Waals surface area contributed by atoms with Crippen LogP contribution in [0.3, 0.4) is 0 Å². The van der Waals surface area contributed by atoms with E-state index in [9.17, 15) is 13.2 Å². The lowest BCUT2D eigenvalue weighted by Crippen LogP contribution is -2.50. The lowest BCUT2D eigenvalue weighted by molar-refractivity contribution is -0.00161. The molecular formula is C25H39NO7SSi. The van der Waals surface area contributed by atoms with Crippen molar-refractivity contribution in [2.24, 2.45) is 0 Å². The fourth-order valence-corrected chi connectivity index (χ4v) is 5.23. The molecule has 0 radical (unpaired) electrons. The molecule has 1 amide bonds. The van der Waals surface area contributed by atoms with Gasteiger partial charge in [-0.1, -0.05) is 20.8 Å². The number of ether oxygens (including phenoxy) is 2. The van der Waals surface area contributed by atoms with Gasteiger partial charge in [-0.3, -0.25) is 0 Å². The van der Waals surface area contributed by atoms with Gasteiger partial charge in [-0.2, -0.15) is 8.42 Å². The summed E-state index contributed by atoms with van der Waals surface area (Å²) >= 11 is 0. The molecule has 35 heavy (non-hydrogen) atoms. The minimum Gasteiger partial charge on any atom is -0.543 e. The number of piperidine rings is 1. The second-order valence-corrected chi connectivity index (χ2v) is 18.3. The van der Waals surface area contributed by atoms with Gasteiger partial charge < -0.3 is 23.0 Å². The van der Waals surface area contributed by atoms with Crippen LogP contribution in [0, 0.1) is 0 Å². The van der Waals surface area contributed by atoms with Gasteiger partial charge in [-0.25, -0.2) is 4.79 Å². The Morgan fingerprint density at radius 3 is 2.20 bits per heavy atom. The van der Waals surface area contributed by atoms with Crippen LogP contribution in [0.1, 0.15) is 59.9 Å². The van der Waals surface area contributed by atoms with Crippen LogP contribution >= 0.6 is 0 Å². The van der Waals surface area contributed by atoms with Crippen molar-refractivity contribution in [2.75, 3.05) is 19.3 Å². The molecule has 0 atom stereocenters. The van der Waals surface area contributed by atoms with E-state index in [1.807, 2.05) is 26.8 Å². The van der Waals surface area contributed by atoms with Crippen molar-refractivity contribution in [3.05, 3.63) is 29.8 Å². The number of rotatable bonds is 4. The molecule has 2 aliphatic heterocycles. The summed E-state index contributed by atoms with van der Waals surface area (Å²) in [5.41, 5.74) is -0.827. The SMILES string of the molecule is CC(C)(C)OC(=O)N1CCC2(C=C(OS(C)(=O)=O)c3cc(O[Si](C)(C)C(C)(C)C)ccc3O2)CC1. The number of carbonyl (C=O) groups is 1. The van der Waals surface area contributed by atoms with Crippen molar-refractivity contribution in [1.29, 1.82) is 0 Å². The summed E-state index contributed by atoms with van der Waals surface area (Å²) in [6.45, 7) is 17.1. The van der Waals surface area contributed by atoms with Gasteiger partial charge in [0.1, 0.15) is 22.7 Å². The Morgan fingerprint density at radius 2 is 1.69 bits per heavy atom. The summed E-state index contributed by atoms with van der Waals surface area (Å²) in [4.78, 5) is 14.1. The third-order valence-electron chi connectivity index (χ3n) is 6.61. The monoisotopic (exact) mass is 525 g/mol. The Kier molecular flexibility index (Phi) is 7.06. The summed E-state index contributed by atoms with van der Waals surface area (Å²) in [5.74, 6) is 1.40. The van der Waals surface area contributed by atoms with Gasteiger partial charge in [-0.05, 0) is 57.1 Å². The van der Waals surface area contributed by atoms with Crippen LogP contribution in [0.4, 0.5) is 4.79 Å². The number of nitrogens with zero attached hydrogens (tertiary/aromatic N) is 1. The van der Waals surface area contributed by atoms with Gasteiger partial charge in [-0.15, -0.1) is 0 Å². The van der Waals surface area contributed by atoms with Crippen molar-refractivity contribution < 1.29 is 31.3 Å². The quantitative estimate of drug-likeness (QED) is 0.376. The van der Waals surface area contributed by atoms with Crippen LogP contribution in [0.25, 0.3) is 5.76 Å². The smallest absolute Gasteiger partial charge is 0.410 e. The van der Waals surface area contributed by atoms with Gasteiger partial charge in [0.2, 0.25) is 8.32 Å². The molecule has 1 aromatic rings. The van der Waals surface area contributed by atoms with Crippen molar-refractivity contribution in [1.82, 2.24) is 4.90 Å². The molecule has 1 spiro atoms. The van der Waals surface area contributed by atoms with Crippen molar-refractivity contribution in [3.63, 3.8) is 0 Å². The standard InChI is InChI=1S/C25H39NO7SSi/c1-23(2,3)31-22(27)26-14-12-25(13-15-26)17-21(32-34(7,28)29)19-16-18(10-11-20(19)30-25)33-35(8,9)24(4,5)6/h10-11,16-17H,12-15H2,1-9H3. The minimum atomic E-state index is -3.78. The Bertz CT molecular complexity index is 1110. The average Bonchev–Trinajstić information content (AvgIpc) is 2.65. The molecule has 8 nitrogen and oxygen atoms in total. The Morgan fingerprint density at radius 1 is 1.09 bits per heavy atom. The predicted molar refractivity (Wildman–Crippen MR) is 139 cm³/mol. The number of fused-ring (bicyclic) bond motifs is 1. The maximum Gasteiger partial charge on any atom is 0.410 e. The highest BCUT2D eigenvalue weighted by Gasteiger charge is 2.43. The van der Waals surface area contributed by atoms with Crippen LogP contribution in [0.5, 0.6) is 11.5 Å². The number of hydrogen-bond acceptors (Lipinski definition) is 7. The van der Waals surface area contributed by atoms with E-state index >= 15 is 0 Å². The Labute approximate surface area is 210 Å². The summed E-state index contributed by atoms with van der Waals surface area (Å²) < 4.78 is 48.0. The highest BCUT2D eigenvalue weighted by atomic mass is 32.2. The first-order valence-corrected chi connectivity index (χ1v) is 16.6. The maximum absolute atomic E-state index is 12.5. The highest BCUT2D eigenvalue weighted by Crippen LogP contribution is 2.44. The first-order valence-electron chi connectivity index (χ1n) is 11.9. The molecule has 196 valence electrons. The second-order valence-electron chi connectivity index (χ2n) is 12.0. The zero-order valence-electron chi connectivity index (χ0n) is 22.4. The molecule has 0 aliphatic carbocycles. The Hall–Kier alpha value is -2.20. The van der Waals surface area contributed by atoms with Crippen LogP contribution in [0.15, 0.2) is 24.3 Å². The normalized spacial score (nSPS) is 18.3. The molecule has 0 bridgehead atoms. The Balaban J connectivity index is 1.89. The van der Waals surface area contributed by atoms with Crippen molar-refractivity contribution in [2.45, 2.75) is 83.7 Å². The van der Waals surface area contributed by atoms with Gasteiger partial charge in [0, 0.05) is 32.0 Å². The van der Waals surface area contributed by atoms with E-state index in [1.165, 1.54) is 0 Å². The number of benzene rings is 1. The van der Waals surface area contributed by atoms with E-state index in [4.69, 9.17) is 18.1 Å². The first-order chi connectivity index (χ1) is 15.8. The molecule has 0 saturated carbocycles. The molecule has 1 fully saturated rings. The average molecular weight is 526 g/mol. The number of amides is 1. The number of hydrogen-bond donors (Lipinski definition) is 0. The van der Waals surface area contributed by atoms with E-state index in [0.29, 0.717) is 43.0 Å². The van der Waals surface area contributed by atoms with Crippen LogP contribution in [-0.4, -0.2) is 58.3 Å². The lowest BCUT2D eigenvalue weighted by Gasteiger charge is -2.42. The molecular weight excluding hydrogens is 486 g/mol. The molecule has 2 heterocycles. The maximum atomic E-state index is 12.5. The third-order valence-corrected chi connectivity index (χ3v) is 11.4. The molecule has 1 saturated heterocycles. The summed E-state index contributed by atoms with van der Waals surface area (Å²) in [6, 6.07) is 5.44. The van der Waals surface area contributed by atoms with Gasteiger partial charge in [0.05, 0.1) is 11.8 Å². The first kappa shape index (κ1) is 27.4. The zero-order valence-corrected chi connectivity index (χ0v) is 24.2. The molecule has 1 aromatic carbocycles. The van der Waals surface area contributed by atoms with Gasteiger partial charge >= 0.3 is 16.2 Å². The summed E-state index contributed by atoms with van der Waals surface area (Å²) in [6.07, 6.45) is 3.35. The predicted octanol–water partition coefficient (Wildman–Crippen LogP) is 5.55. The molecule has 0 aromatic heterocycles. The van der Waals surface area contributed by atoms with E-state index < -0.39 is 29.6 Å². The van der Waals surface area contributed by atoms with Crippen LogP contribution in [-0.2, 0) is 19.0 Å². The number of likely N-dealkylation sites (tertiary alicyclic amines) is 1. The largest absolute Gasteiger partial charge is 0.543 e. The van der Waals surface area contributed by atoms with Crippen molar-refractivity contribution in [3.8, 4) is 11.5 Å². The lowest BCUT2D eigenvalue weighted by atomic mass is 9.87. The zero-order chi connectivity index (χ0) is 26.4. The van der Waals surface area contributed by atoms with Crippen LogP contribution < -0.4 is 9.16 Å². The van der Waals surface area contributed by atoms with E-state index in [1.54, 1.807) is 23.1 Å². The molecule has 3 rings (SSSR count). The molecule has 0 unspecified atom stereocenters. The topological polar surface area (TPSA) is 91.4 Å². The van der Waals surface area contributed by atoms with Gasteiger partial charge in [0.15, 0.2) is 5.76 Å². The molecule has 10 heteroatoms. The number of carbonyl (C=O) groups excluding carboxylic acids is 1. The fraction of sp³-hybridized carbons (Fsp3) is 0.640. The molecule has 0 N–H and O–H groups in total. The minimum absolute atomic E-state index is 0.00744. The third kappa shape index (κ3) is 6.72. The molecule has 2 aliphatic rings. The van der Waals surface area contributed by atoms with E-state index in [0.717, 1.165) is 6.26 Å². The van der Waals surface area contributed by atoms with E-state index in [2.05, 4.69) is 33.9 Å². The summed E-state index contributed by atoms with van der Waals surface area (Å²) in [7, 11) is -5.88. The van der Waals surface area contributed by atoms with Gasteiger partial charge in [0.25, 0.3) is 0 Å². The van der Waals surface area contributed by atoms with E-state index in [-0.39, 0.29) is 16.9 Å². The highest BCUT2D eigenvalue weighted by molar-refractivity contribution is 7.86. The summed E-state index contributed by atoms with van der Waals surface area (Å²) in [5, 5.41) is 0.00744. The fourth-order valence-electron chi connectivity index (χ4n) is 3.74. The van der Waals surface area contributed by atoms with Crippen molar-refractivity contribution >= 4 is 30.3 Å². The second kappa shape index (κ2) is 9.03. The van der Waals surface area contributed by atoms with Crippen LogP contribution in [0.2, 0.25) is 18.1 Å².